The topological polar surface area (TPSA) is 75.7 Å². The maximum atomic E-state index is 12.5. The van der Waals surface area contributed by atoms with Gasteiger partial charge < -0.3 is 5.11 Å². The van der Waals surface area contributed by atoms with Crippen LogP contribution < -0.4 is 5.62 Å². The van der Waals surface area contributed by atoms with Crippen LogP contribution in [0.2, 0.25) is 5.02 Å². The number of benzene rings is 3. The van der Waals surface area contributed by atoms with Crippen molar-refractivity contribution >= 4 is 29.2 Å². The van der Waals surface area contributed by atoms with Gasteiger partial charge in [0.15, 0.2) is 0 Å². The Labute approximate surface area is 220 Å². The number of hydrogen-bond donors (Lipinski definition) is 1. The monoisotopic (exact) mass is 507 g/mol. The van der Waals surface area contributed by atoms with Gasteiger partial charge in [-0.05, 0) is 60.9 Å². The minimum Gasteiger partial charge on any atom is -0.376 e. The van der Waals surface area contributed by atoms with E-state index in [-0.39, 0.29) is 0 Å². The summed E-state index contributed by atoms with van der Waals surface area (Å²) in [5, 5.41) is 18.1. The van der Waals surface area contributed by atoms with Crippen molar-refractivity contribution in [3.8, 4) is 11.3 Å². The van der Waals surface area contributed by atoms with E-state index in [2.05, 4.69) is 21.8 Å². The Bertz CT molecular complexity index is 1710. The number of pyridine rings is 1. The van der Waals surface area contributed by atoms with Crippen LogP contribution in [-0.4, -0.2) is 33.5 Å². The van der Waals surface area contributed by atoms with Gasteiger partial charge in [0.1, 0.15) is 5.60 Å². The van der Waals surface area contributed by atoms with Crippen LogP contribution in [0.1, 0.15) is 27.8 Å². The quantitative estimate of drug-likeness (QED) is 0.312. The van der Waals surface area contributed by atoms with E-state index in [1.807, 2.05) is 86.6 Å². The number of aromatic nitrogens is 3. The fourth-order valence-corrected chi connectivity index (χ4v) is 4.90. The number of fused-ring (bicyclic) bond motifs is 1. The summed E-state index contributed by atoms with van der Waals surface area (Å²) in [5.74, 6) is 0. The average molecular weight is 508 g/mol. The molecule has 0 saturated heterocycles. The summed E-state index contributed by atoms with van der Waals surface area (Å²) in [6.07, 6.45) is 3.45. The third-order valence-corrected chi connectivity index (χ3v) is 6.87. The van der Waals surface area contributed by atoms with E-state index in [1.54, 1.807) is 24.1 Å². The minimum absolute atomic E-state index is 0.405. The zero-order chi connectivity index (χ0) is 26.2. The molecule has 0 aliphatic carbocycles. The van der Waals surface area contributed by atoms with Crippen LogP contribution in [0.5, 0.6) is 0 Å². The lowest BCUT2D eigenvalue weighted by atomic mass is 9.78. The molecule has 37 heavy (non-hydrogen) atoms. The van der Waals surface area contributed by atoms with E-state index in [9.17, 15) is 5.11 Å². The molecule has 1 atom stereocenters. The molecule has 3 aromatic carbocycles. The lowest BCUT2D eigenvalue weighted by Crippen LogP contribution is -2.30. The second-order valence-corrected chi connectivity index (χ2v) is 9.38. The average Bonchev–Trinajstić information content (AvgIpc) is 2.92. The van der Waals surface area contributed by atoms with Gasteiger partial charge in [-0.3, -0.25) is 9.98 Å². The molecule has 5 rings (SSSR count). The van der Waals surface area contributed by atoms with Crippen LogP contribution in [0.4, 0.5) is 0 Å². The molecule has 0 aliphatic rings. The summed E-state index contributed by atoms with van der Waals surface area (Å²) >= 11 is 6.34. The van der Waals surface area contributed by atoms with Gasteiger partial charge in [0, 0.05) is 47.7 Å². The van der Waals surface area contributed by atoms with E-state index in [1.165, 1.54) is 0 Å². The summed E-state index contributed by atoms with van der Waals surface area (Å²) in [7, 11) is 1.66. The lowest BCUT2D eigenvalue weighted by Gasteiger charge is -2.31. The summed E-state index contributed by atoms with van der Waals surface area (Å²) in [5.41, 5.74) is 5.32. The van der Waals surface area contributed by atoms with Crippen molar-refractivity contribution in [2.75, 3.05) is 7.05 Å². The molecular weight excluding hydrogens is 482 g/mol. The number of nitrogens with zero attached hydrogens (tertiary/aromatic N) is 5. The van der Waals surface area contributed by atoms with Gasteiger partial charge >= 0.3 is 0 Å². The maximum Gasteiger partial charge on any atom is 0.246 e. The molecule has 0 amide bonds. The number of rotatable bonds is 5. The van der Waals surface area contributed by atoms with Crippen LogP contribution in [0.3, 0.4) is 0 Å². The zero-order valence-corrected chi connectivity index (χ0v) is 21.6. The SMILES string of the molecule is C=Nn1c(=NC)nc(-c2cccc(Cl)c2)c2cc(C(O)(c3ccc(C)cc3)c3cnccc3C)ccc21. The molecule has 0 saturated carbocycles. The predicted molar refractivity (Wildman–Crippen MR) is 149 cm³/mol. The highest BCUT2D eigenvalue weighted by atomic mass is 35.5. The van der Waals surface area contributed by atoms with Crippen molar-refractivity contribution in [3.05, 3.63) is 124 Å². The van der Waals surface area contributed by atoms with E-state index in [0.29, 0.717) is 27.5 Å². The summed E-state index contributed by atoms with van der Waals surface area (Å²) in [6.45, 7) is 7.72. The number of aliphatic hydroxyl groups is 1. The van der Waals surface area contributed by atoms with Crippen LogP contribution >= 0.6 is 11.6 Å². The van der Waals surface area contributed by atoms with Crippen molar-refractivity contribution in [1.82, 2.24) is 14.6 Å². The molecule has 5 aromatic rings. The first kappa shape index (κ1) is 24.6. The molecule has 0 radical (unpaired) electrons. The summed E-state index contributed by atoms with van der Waals surface area (Å²) in [4.78, 5) is 13.5. The summed E-state index contributed by atoms with van der Waals surface area (Å²) < 4.78 is 1.59. The molecule has 1 N–H and O–H groups in total. The predicted octanol–water partition coefficient (Wildman–Crippen LogP) is 5.65. The number of hydrogen-bond acceptors (Lipinski definition) is 5. The first-order valence-corrected chi connectivity index (χ1v) is 12.2. The lowest BCUT2D eigenvalue weighted by molar-refractivity contribution is 0.124. The van der Waals surface area contributed by atoms with Gasteiger partial charge in [0.05, 0.1) is 11.2 Å². The fraction of sp³-hybridized carbons (Fsp3) is 0.133. The first-order chi connectivity index (χ1) is 17.9. The van der Waals surface area contributed by atoms with Crippen molar-refractivity contribution in [3.63, 3.8) is 0 Å². The molecular formula is C30H26ClN5O. The normalized spacial score (nSPS) is 13.5. The van der Waals surface area contributed by atoms with Crippen molar-refractivity contribution in [2.24, 2.45) is 10.1 Å². The van der Waals surface area contributed by atoms with Crippen LogP contribution in [0.25, 0.3) is 22.2 Å². The van der Waals surface area contributed by atoms with Gasteiger partial charge in [-0.15, -0.1) is 0 Å². The Balaban J connectivity index is 1.89. The third kappa shape index (κ3) is 4.24. The second-order valence-electron chi connectivity index (χ2n) is 8.95. The third-order valence-electron chi connectivity index (χ3n) is 6.64. The van der Waals surface area contributed by atoms with Gasteiger partial charge in [-0.1, -0.05) is 59.6 Å². The van der Waals surface area contributed by atoms with Gasteiger partial charge in [0.2, 0.25) is 5.62 Å². The largest absolute Gasteiger partial charge is 0.376 e. The Kier molecular flexibility index (Phi) is 6.46. The van der Waals surface area contributed by atoms with Crippen molar-refractivity contribution < 1.29 is 5.11 Å². The Morgan fingerprint density at radius 1 is 0.973 bits per heavy atom. The molecule has 0 spiro atoms. The summed E-state index contributed by atoms with van der Waals surface area (Å²) in [6, 6.07) is 23.1. The zero-order valence-electron chi connectivity index (χ0n) is 20.9. The molecule has 0 fully saturated rings. The van der Waals surface area contributed by atoms with E-state index in [4.69, 9.17) is 16.6 Å². The Morgan fingerprint density at radius 2 is 1.73 bits per heavy atom. The van der Waals surface area contributed by atoms with E-state index in [0.717, 1.165) is 33.2 Å². The van der Waals surface area contributed by atoms with Gasteiger partial charge in [-0.2, -0.15) is 9.78 Å². The van der Waals surface area contributed by atoms with Crippen LogP contribution in [0, 0.1) is 13.8 Å². The van der Waals surface area contributed by atoms with Crippen LogP contribution in [-0.2, 0) is 5.60 Å². The van der Waals surface area contributed by atoms with Crippen molar-refractivity contribution in [1.29, 1.82) is 0 Å². The fourth-order valence-electron chi connectivity index (χ4n) is 4.71. The highest BCUT2D eigenvalue weighted by molar-refractivity contribution is 6.30. The minimum atomic E-state index is -1.47. The van der Waals surface area contributed by atoms with Gasteiger partial charge in [0.25, 0.3) is 0 Å². The van der Waals surface area contributed by atoms with Gasteiger partial charge in [-0.25, -0.2) is 4.98 Å². The number of aryl methyl sites for hydroxylation is 2. The molecule has 7 heteroatoms. The smallest absolute Gasteiger partial charge is 0.246 e. The van der Waals surface area contributed by atoms with E-state index >= 15 is 0 Å². The first-order valence-electron chi connectivity index (χ1n) is 11.8. The second kappa shape index (κ2) is 9.73. The standard InChI is InChI=1S/C30H26ClN5O/c1-19-8-10-22(11-9-19)30(37,26-18-34-15-14-20(26)2)23-12-13-27-25(17-23)28(21-6-5-7-24(31)16-21)35-29(32-3)36(27)33-4/h5-18,37H,4H2,1-3H3. The molecule has 1 unspecified atom stereocenters. The molecule has 0 bridgehead atoms. The molecule has 2 heterocycles. The highest BCUT2D eigenvalue weighted by Crippen LogP contribution is 2.40. The Hall–Kier alpha value is -4.13. The molecule has 0 aliphatic heterocycles. The van der Waals surface area contributed by atoms with E-state index < -0.39 is 5.60 Å². The molecule has 2 aromatic heterocycles. The highest BCUT2D eigenvalue weighted by Gasteiger charge is 2.36. The Morgan fingerprint density at radius 3 is 2.41 bits per heavy atom. The molecule has 184 valence electrons. The van der Waals surface area contributed by atoms with Crippen molar-refractivity contribution in [2.45, 2.75) is 19.4 Å². The number of halogens is 1. The molecule has 6 nitrogen and oxygen atoms in total. The maximum absolute atomic E-state index is 12.5. The van der Waals surface area contributed by atoms with Crippen LogP contribution in [0.15, 0.2) is 95.3 Å².